The monoisotopic (exact) mass is 435 g/mol. The smallest absolute Gasteiger partial charge is 0.246 e. The van der Waals surface area contributed by atoms with Gasteiger partial charge >= 0.3 is 0 Å². The lowest BCUT2D eigenvalue weighted by molar-refractivity contribution is 0.371. The summed E-state index contributed by atoms with van der Waals surface area (Å²) in [5.41, 5.74) is 1.11. The van der Waals surface area contributed by atoms with Crippen molar-refractivity contribution in [2.45, 2.75) is 19.9 Å². The van der Waals surface area contributed by atoms with Gasteiger partial charge in [0, 0.05) is 18.6 Å². The van der Waals surface area contributed by atoms with Gasteiger partial charge in [0.15, 0.2) is 11.8 Å². The van der Waals surface area contributed by atoms with Gasteiger partial charge in [-0.05, 0) is 25.0 Å². The Balaban J connectivity index is 0.00000242. The van der Waals surface area contributed by atoms with Crippen LogP contribution in [0, 0.1) is 6.92 Å². The van der Waals surface area contributed by atoms with Crippen molar-refractivity contribution in [2.24, 2.45) is 4.99 Å². The van der Waals surface area contributed by atoms with Gasteiger partial charge in [-0.15, -0.1) is 24.0 Å². The summed E-state index contributed by atoms with van der Waals surface area (Å²) in [6.45, 7) is 2.95. The van der Waals surface area contributed by atoms with Crippen LogP contribution in [0.1, 0.15) is 17.3 Å². The molecule has 0 bridgehead atoms. The average molecular weight is 436 g/mol. The van der Waals surface area contributed by atoms with Crippen LogP contribution in [0.3, 0.4) is 0 Å². The Morgan fingerprint density at radius 3 is 2.73 bits per heavy atom. The summed E-state index contributed by atoms with van der Waals surface area (Å²) in [7, 11) is 1.71. The summed E-state index contributed by atoms with van der Waals surface area (Å²) < 4.78 is 5.02. The highest BCUT2D eigenvalue weighted by Crippen LogP contribution is 2.14. The summed E-state index contributed by atoms with van der Waals surface area (Å²) in [6, 6.07) is 7.81. The second kappa shape index (κ2) is 9.62. The van der Waals surface area contributed by atoms with Gasteiger partial charge in [-0.3, -0.25) is 4.99 Å². The van der Waals surface area contributed by atoms with Gasteiger partial charge in [0.25, 0.3) is 0 Å². The van der Waals surface area contributed by atoms with Gasteiger partial charge in [-0.1, -0.05) is 35.0 Å². The number of aryl methyl sites for hydroxylation is 1. The number of guanidine groups is 1. The Hall–Kier alpha value is -1.35. The van der Waals surface area contributed by atoms with Crippen LogP contribution in [-0.4, -0.2) is 29.7 Å². The minimum atomic E-state index is 0. The van der Waals surface area contributed by atoms with E-state index in [9.17, 15) is 0 Å². The molecule has 0 spiro atoms. The van der Waals surface area contributed by atoms with Crippen molar-refractivity contribution in [3.8, 4) is 0 Å². The van der Waals surface area contributed by atoms with E-state index in [-0.39, 0.29) is 24.0 Å². The fraction of sp³-hybridized carbons (Fsp3) is 0.357. The first-order valence-electron chi connectivity index (χ1n) is 6.66. The van der Waals surface area contributed by atoms with E-state index in [1.165, 1.54) is 0 Å². The topological polar surface area (TPSA) is 75.3 Å². The first-order valence-corrected chi connectivity index (χ1v) is 7.04. The molecule has 8 heteroatoms. The first-order chi connectivity index (χ1) is 10.2. The molecule has 22 heavy (non-hydrogen) atoms. The lowest BCUT2D eigenvalue weighted by Crippen LogP contribution is -2.37. The molecule has 1 aromatic carbocycles. The maximum Gasteiger partial charge on any atom is 0.246 e. The lowest BCUT2D eigenvalue weighted by Gasteiger charge is -2.10. The Morgan fingerprint density at radius 2 is 2.09 bits per heavy atom. The molecule has 0 saturated heterocycles. The van der Waals surface area contributed by atoms with Gasteiger partial charge in [0.1, 0.15) is 0 Å². The van der Waals surface area contributed by atoms with Gasteiger partial charge in [-0.25, -0.2) is 0 Å². The molecule has 0 saturated carbocycles. The van der Waals surface area contributed by atoms with E-state index >= 15 is 0 Å². The maximum atomic E-state index is 6.12. The number of rotatable bonds is 5. The minimum Gasteiger partial charge on any atom is -0.356 e. The van der Waals surface area contributed by atoms with Crippen LogP contribution in [0.5, 0.6) is 0 Å². The number of aliphatic imine (C=N–C) groups is 1. The van der Waals surface area contributed by atoms with Crippen molar-refractivity contribution in [2.75, 3.05) is 13.6 Å². The van der Waals surface area contributed by atoms with Gasteiger partial charge in [-0.2, -0.15) is 4.98 Å². The molecule has 0 unspecified atom stereocenters. The second-order valence-electron chi connectivity index (χ2n) is 4.43. The van der Waals surface area contributed by atoms with Crippen molar-refractivity contribution in [3.63, 3.8) is 0 Å². The molecule has 0 aliphatic rings. The second-order valence-corrected chi connectivity index (χ2v) is 4.84. The third-order valence-electron chi connectivity index (χ3n) is 2.84. The standard InChI is InChI=1S/C14H18ClN5O.HI/c1-10-19-13(21-20-10)9-18-14(16-2)17-8-7-11-5-3-4-6-12(11)15;/h3-6H,7-9H2,1-2H3,(H2,16,17,18);1H. The van der Waals surface area contributed by atoms with Crippen molar-refractivity contribution >= 4 is 41.5 Å². The summed E-state index contributed by atoms with van der Waals surface area (Å²) in [5.74, 6) is 1.83. The zero-order valence-corrected chi connectivity index (χ0v) is 15.6. The summed E-state index contributed by atoms with van der Waals surface area (Å²) in [4.78, 5) is 8.25. The Labute approximate surface area is 151 Å². The van der Waals surface area contributed by atoms with E-state index in [0.717, 1.165) is 23.6 Å². The fourth-order valence-corrected chi connectivity index (χ4v) is 2.04. The summed E-state index contributed by atoms with van der Waals surface area (Å²) >= 11 is 6.12. The van der Waals surface area contributed by atoms with E-state index in [2.05, 4.69) is 25.8 Å². The number of nitrogens with one attached hydrogen (secondary N) is 2. The van der Waals surface area contributed by atoms with Crippen LogP contribution in [0.25, 0.3) is 0 Å². The molecule has 0 radical (unpaired) electrons. The maximum absolute atomic E-state index is 6.12. The van der Waals surface area contributed by atoms with Gasteiger partial charge < -0.3 is 15.2 Å². The minimum absolute atomic E-state index is 0. The Bertz CT molecular complexity index is 617. The van der Waals surface area contributed by atoms with Crippen molar-refractivity contribution in [1.82, 2.24) is 20.8 Å². The Morgan fingerprint density at radius 1 is 1.32 bits per heavy atom. The first kappa shape index (κ1) is 18.7. The zero-order chi connectivity index (χ0) is 15.1. The normalized spacial score (nSPS) is 11.0. The predicted octanol–water partition coefficient (Wildman–Crippen LogP) is 2.56. The molecule has 1 heterocycles. The third kappa shape index (κ3) is 5.80. The molecule has 0 aliphatic carbocycles. The van der Waals surface area contributed by atoms with Crippen LogP contribution in [0.15, 0.2) is 33.8 Å². The van der Waals surface area contributed by atoms with E-state index in [0.29, 0.717) is 24.2 Å². The molecular formula is C14H19ClIN5O. The highest BCUT2D eigenvalue weighted by atomic mass is 127. The molecule has 2 rings (SSSR count). The molecule has 2 aromatic rings. The molecule has 6 nitrogen and oxygen atoms in total. The molecule has 0 fully saturated rings. The molecule has 120 valence electrons. The largest absolute Gasteiger partial charge is 0.356 e. The molecule has 0 aliphatic heterocycles. The van der Waals surface area contributed by atoms with Crippen molar-refractivity contribution in [1.29, 1.82) is 0 Å². The highest BCUT2D eigenvalue weighted by molar-refractivity contribution is 14.0. The average Bonchev–Trinajstić information content (AvgIpc) is 2.90. The SMILES string of the molecule is CN=C(NCCc1ccccc1Cl)NCc1nc(C)no1.I. The summed E-state index contributed by atoms with van der Waals surface area (Å²) in [5, 5.41) is 10.8. The number of nitrogens with zero attached hydrogens (tertiary/aromatic N) is 3. The van der Waals surface area contributed by atoms with Crippen molar-refractivity contribution in [3.05, 3.63) is 46.6 Å². The molecule has 0 amide bonds. The molecule has 2 N–H and O–H groups in total. The van der Waals surface area contributed by atoms with Gasteiger partial charge in [0.2, 0.25) is 5.89 Å². The number of aromatic nitrogens is 2. The summed E-state index contributed by atoms with van der Waals surface area (Å²) in [6.07, 6.45) is 0.819. The number of hydrogen-bond acceptors (Lipinski definition) is 4. The zero-order valence-electron chi connectivity index (χ0n) is 12.5. The molecule has 1 aromatic heterocycles. The predicted molar refractivity (Wildman–Crippen MR) is 97.8 cm³/mol. The molecular weight excluding hydrogens is 417 g/mol. The van der Waals surface area contributed by atoms with Crippen molar-refractivity contribution < 1.29 is 4.52 Å². The van der Waals surface area contributed by atoms with Gasteiger partial charge in [0.05, 0.1) is 6.54 Å². The van der Waals surface area contributed by atoms with Crippen LogP contribution < -0.4 is 10.6 Å². The quantitative estimate of drug-likeness (QED) is 0.429. The number of benzene rings is 1. The van der Waals surface area contributed by atoms with E-state index in [1.54, 1.807) is 14.0 Å². The van der Waals surface area contributed by atoms with E-state index in [4.69, 9.17) is 16.1 Å². The number of hydrogen-bond donors (Lipinski definition) is 2. The van der Waals surface area contributed by atoms with Crippen LogP contribution in [0.4, 0.5) is 0 Å². The Kier molecular flexibility index (Phi) is 8.18. The van der Waals surface area contributed by atoms with Crippen LogP contribution >= 0.6 is 35.6 Å². The lowest BCUT2D eigenvalue weighted by atomic mass is 10.1. The van der Waals surface area contributed by atoms with E-state index < -0.39 is 0 Å². The molecule has 0 atom stereocenters. The highest BCUT2D eigenvalue weighted by Gasteiger charge is 2.04. The fourth-order valence-electron chi connectivity index (χ4n) is 1.81. The van der Waals surface area contributed by atoms with Crippen LogP contribution in [-0.2, 0) is 13.0 Å². The van der Waals surface area contributed by atoms with Crippen LogP contribution in [0.2, 0.25) is 5.02 Å². The third-order valence-corrected chi connectivity index (χ3v) is 3.21. The van der Waals surface area contributed by atoms with E-state index in [1.807, 2.05) is 24.3 Å². The number of halogens is 2.